The fraction of sp³-hybridized carbons (Fsp3) is 0.214. The van der Waals surface area contributed by atoms with Gasteiger partial charge < -0.3 is 10.0 Å². The molecule has 0 fully saturated rings. The number of benzene rings is 1. The van der Waals surface area contributed by atoms with Crippen LogP contribution in [0.15, 0.2) is 47.3 Å². The van der Waals surface area contributed by atoms with Crippen molar-refractivity contribution in [3.05, 3.63) is 58.4 Å². The Balaban J connectivity index is 2.04. The second-order valence-electron chi connectivity index (χ2n) is 4.37. The molecule has 7 heteroatoms. The first-order valence-electron chi connectivity index (χ1n) is 6.45. The van der Waals surface area contributed by atoms with Crippen LogP contribution in [0, 0.1) is 0 Å². The standard InChI is InChI=1S/C14H16N4O3/c19-9-8-18(10-11-4-2-1-3-5-11)14(21)15-12-6-7-13(20)17-16-12/h1-7,19H,8-10H2,(H,17,20)(H,15,16,21). The SMILES string of the molecule is O=C(Nc1ccc(=O)[nH]n1)N(CCO)Cc1ccccc1. The highest BCUT2D eigenvalue weighted by Crippen LogP contribution is 2.07. The molecule has 0 spiro atoms. The van der Waals surface area contributed by atoms with Gasteiger partial charge in [-0.3, -0.25) is 10.1 Å². The smallest absolute Gasteiger partial charge is 0.323 e. The number of aliphatic hydroxyl groups is 1. The van der Waals surface area contributed by atoms with Gasteiger partial charge in [-0.05, 0) is 11.6 Å². The van der Waals surface area contributed by atoms with E-state index in [2.05, 4.69) is 15.5 Å². The third-order valence-corrected chi connectivity index (χ3v) is 2.79. The van der Waals surface area contributed by atoms with Gasteiger partial charge in [0.25, 0.3) is 5.56 Å². The fourth-order valence-electron chi connectivity index (χ4n) is 1.78. The lowest BCUT2D eigenvalue weighted by Gasteiger charge is -2.21. The molecule has 0 saturated carbocycles. The predicted octanol–water partition coefficient (Wildman–Crippen LogP) is 0.796. The molecular weight excluding hydrogens is 272 g/mol. The lowest BCUT2D eigenvalue weighted by molar-refractivity contribution is 0.185. The van der Waals surface area contributed by atoms with Crippen molar-refractivity contribution in [2.24, 2.45) is 0 Å². The first kappa shape index (κ1) is 14.7. The third kappa shape index (κ3) is 4.43. The molecule has 1 heterocycles. The highest BCUT2D eigenvalue weighted by molar-refractivity contribution is 5.88. The predicted molar refractivity (Wildman–Crippen MR) is 77.8 cm³/mol. The Morgan fingerprint density at radius 1 is 1.24 bits per heavy atom. The highest BCUT2D eigenvalue weighted by Gasteiger charge is 2.14. The number of nitrogens with zero attached hydrogens (tertiary/aromatic N) is 2. The Morgan fingerprint density at radius 2 is 2.00 bits per heavy atom. The molecule has 0 bridgehead atoms. The molecule has 2 rings (SSSR count). The number of anilines is 1. The molecular formula is C14H16N4O3. The minimum Gasteiger partial charge on any atom is -0.395 e. The summed E-state index contributed by atoms with van der Waals surface area (Å²) in [4.78, 5) is 24.5. The Morgan fingerprint density at radius 3 is 2.62 bits per heavy atom. The van der Waals surface area contributed by atoms with Crippen LogP contribution in [0.3, 0.4) is 0 Å². The van der Waals surface area contributed by atoms with E-state index >= 15 is 0 Å². The van der Waals surface area contributed by atoms with Gasteiger partial charge in [-0.15, -0.1) is 0 Å². The summed E-state index contributed by atoms with van der Waals surface area (Å²) in [6, 6.07) is 11.7. The average molecular weight is 288 g/mol. The lowest BCUT2D eigenvalue weighted by atomic mass is 10.2. The summed E-state index contributed by atoms with van der Waals surface area (Å²) in [7, 11) is 0. The van der Waals surface area contributed by atoms with Crippen LogP contribution < -0.4 is 10.9 Å². The summed E-state index contributed by atoms with van der Waals surface area (Å²) < 4.78 is 0. The topological polar surface area (TPSA) is 98.3 Å². The number of carbonyl (C=O) groups is 1. The molecule has 2 amide bonds. The van der Waals surface area contributed by atoms with E-state index in [1.54, 1.807) is 0 Å². The molecule has 0 aliphatic heterocycles. The number of aromatic amines is 1. The molecule has 0 radical (unpaired) electrons. The maximum Gasteiger partial charge on any atom is 0.323 e. The van der Waals surface area contributed by atoms with Crippen LogP contribution in [0.4, 0.5) is 10.6 Å². The van der Waals surface area contributed by atoms with Gasteiger partial charge in [-0.25, -0.2) is 9.89 Å². The van der Waals surface area contributed by atoms with E-state index in [4.69, 9.17) is 5.11 Å². The fourth-order valence-corrected chi connectivity index (χ4v) is 1.78. The van der Waals surface area contributed by atoms with Crippen molar-refractivity contribution in [2.75, 3.05) is 18.5 Å². The van der Waals surface area contributed by atoms with Gasteiger partial charge in [0.1, 0.15) is 0 Å². The van der Waals surface area contributed by atoms with Gasteiger partial charge in [-0.1, -0.05) is 30.3 Å². The minimum absolute atomic E-state index is 0.140. The maximum absolute atomic E-state index is 12.2. The van der Waals surface area contributed by atoms with E-state index in [1.807, 2.05) is 30.3 Å². The van der Waals surface area contributed by atoms with Gasteiger partial charge >= 0.3 is 6.03 Å². The summed E-state index contributed by atoms with van der Waals surface area (Å²) >= 11 is 0. The van der Waals surface area contributed by atoms with Crippen molar-refractivity contribution in [3.8, 4) is 0 Å². The molecule has 1 aromatic carbocycles. The number of urea groups is 1. The van der Waals surface area contributed by atoms with Crippen LogP contribution in [0.2, 0.25) is 0 Å². The number of hydrogen-bond acceptors (Lipinski definition) is 4. The van der Waals surface area contributed by atoms with E-state index in [-0.39, 0.29) is 24.5 Å². The van der Waals surface area contributed by atoms with Crippen molar-refractivity contribution in [2.45, 2.75) is 6.54 Å². The van der Waals surface area contributed by atoms with Crippen molar-refractivity contribution >= 4 is 11.8 Å². The van der Waals surface area contributed by atoms with E-state index in [0.29, 0.717) is 6.54 Å². The average Bonchev–Trinajstić information content (AvgIpc) is 2.50. The zero-order valence-electron chi connectivity index (χ0n) is 11.3. The van der Waals surface area contributed by atoms with Crippen molar-refractivity contribution in [1.29, 1.82) is 0 Å². The van der Waals surface area contributed by atoms with Crippen LogP contribution in [-0.4, -0.2) is 39.4 Å². The van der Waals surface area contributed by atoms with Crippen molar-refractivity contribution < 1.29 is 9.90 Å². The number of nitrogens with one attached hydrogen (secondary N) is 2. The normalized spacial score (nSPS) is 10.1. The molecule has 110 valence electrons. The monoisotopic (exact) mass is 288 g/mol. The Kier molecular flexibility index (Phi) is 5.05. The van der Waals surface area contributed by atoms with Gasteiger partial charge in [-0.2, -0.15) is 5.10 Å². The third-order valence-electron chi connectivity index (χ3n) is 2.79. The number of carbonyl (C=O) groups excluding carboxylic acids is 1. The summed E-state index contributed by atoms with van der Waals surface area (Å²) in [6.45, 7) is 0.431. The van der Waals surface area contributed by atoms with Crippen LogP contribution in [0.1, 0.15) is 5.56 Å². The summed E-state index contributed by atoms with van der Waals surface area (Å²) in [6.07, 6.45) is 0. The van der Waals surface area contributed by atoms with Crippen LogP contribution >= 0.6 is 0 Å². The zero-order chi connectivity index (χ0) is 15.1. The molecule has 7 nitrogen and oxygen atoms in total. The molecule has 0 unspecified atom stereocenters. The van der Waals surface area contributed by atoms with Gasteiger partial charge in [0.15, 0.2) is 5.82 Å². The second kappa shape index (κ2) is 7.20. The first-order valence-corrected chi connectivity index (χ1v) is 6.45. The van der Waals surface area contributed by atoms with Gasteiger partial charge in [0.05, 0.1) is 6.61 Å². The summed E-state index contributed by atoms with van der Waals surface area (Å²) in [5, 5.41) is 17.6. The van der Waals surface area contributed by atoms with Crippen LogP contribution in [0.25, 0.3) is 0 Å². The minimum atomic E-state index is -0.396. The molecule has 0 aliphatic carbocycles. The molecule has 21 heavy (non-hydrogen) atoms. The number of aliphatic hydroxyl groups excluding tert-OH is 1. The van der Waals surface area contributed by atoms with E-state index in [1.165, 1.54) is 17.0 Å². The Hall–Kier alpha value is -2.67. The van der Waals surface area contributed by atoms with E-state index < -0.39 is 6.03 Å². The second-order valence-corrected chi connectivity index (χ2v) is 4.37. The lowest BCUT2D eigenvalue weighted by Crippen LogP contribution is -2.36. The molecule has 0 aliphatic rings. The van der Waals surface area contributed by atoms with Crippen molar-refractivity contribution in [1.82, 2.24) is 15.1 Å². The number of rotatable bonds is 5. The number of hydrogen-bond donors (Lipinski definition) is 3. The largest absolute Gasteiger partial charge is 0.395 e. The Bertz CT molecular complexity index is 622. The van der Waals surface area contributed by atoms with Crippen molar-refractivity contribution in [3.63, 3.8) is 0 Å². The first-order chi connectivity index (χ1) is 10.2. The van der Waals surface area contributed by atoms with Crippen LogP contribution in [0.5, 0.6) is 0 Å². The highest BCUT2D eigenvalue weighted by atomic mass is 16.3. The van der Waals surface area contributed by atoms with Gasteiger partial charge in [0.2, 0.25) is 0 Å². The molecule has 1 aromatic heterocycles. The maximum atomic E-state index is 12.2. The van der Waals surface area contributed by atoms with E-state index in [0.717, 1.165) is 5.56 Å². The quantitative estimate of drug-likeness (QED) is 0.757. The zero-order valence-corrected chi connectivity index (χ0v) is 11.3. The van der Waals surface area contributed by atoms with Gasteiger partial charge in [0, 0.05) is 19.2 Å². The molecule has 0 saturated heterocycles. The molecule has 2 aromatic rings. The number of amides is 2. The Labute approximate surface area is 121 Å². The molecule has 0 atom stereocenters. The van der Waals surface area contributed by atoms with E-state index in [9.17, 15) is 9.59 Å². The number of H-pyrrole nitrogens is 1. The van der Waals surface area contributed by atoms with Crippen LogP contribution in [-0.2, 0) is 6.54 Å². The number of aromatic nitrogens is 2. The summed E-state index contributed by atoms with van der Waals surface area (Å²) in [5.74, 6) is 0.246. The molecule has 3 N–H and O–H groups in total. The summed E-state index contributed by atoms with van der Waals surface area (Å²) in [5.41, 5.74) is 0.611.